The van der Waals surface area contributed by atoms with Crippen LogP contribution in [0.4, 0.5) is 0 Å². The number of nitrogens with one attached hydrogen (secondary N) is 3. The summed E-state index contributed by atoms with van der Waals surface area (Å²) in [5.74, 6) is 2.31. The molecule has 6 aromatic rings. The van der Waals surface area contributed by atoms with Crippen molar-refractivity contribution in [2.24, 2.45) is 28.4 Å². The number of hydrogen-bond acceptors (Lipinski definition) is 11. The lowest BCUT2D eigenvalue weighted by molar-refractivity contribution is -0.120. The molecule has 0 aliphatic heterocycles. The molecule has 0 unspecified atom stereocenters. The van der Waals surface area contributed by atoms with Crippen molar-refractivity contribution in [3.63, 3.8) is 0 Å². The van der Waals surface area contributed by atoms with Crippen molar-refractivity contribution in [2.75, 3.05) is 13.1 Å². The van der Waals surface area contributed by atoms with E-state index in [2.05, 4.69) is 88.0 Å². The molecule has 6 aromatic carbocycles. The van der Waals surface area contributed by atoms with Crippen molar-refractivity contribution in [3.05, 3.63) is 145 Å². The zero-order valence-corrected chi connectivity index (χ0v) is 46.0. The molecule has 75 heavy (non-hydrogen) atoms. The molecule has 0 heterocycles. The van der Waals surface area contributed by atoms with E-state index >= 15 is 0 Å². The lowest BCUT2D eigenvalue weighted by Crippen LogP contribution is -2.32. The minimum atomic E-state index is -3.83. The van der Waals surface area contributed by atoms with Crippen LogP contribution in [0.25, 0.3) is 21.5 Å². The molecule has 0 radical (unpaired) electrons. The summed E-state index contributed by atoms with van der Waals surface area (Å²) >= 11 is 0. The Labute approximate surface area is 444 Å². The van der Waals surface area contributed by atoms with Gasteiger partial charge in [-0.05, 0) is 162 Å². The molecule has 0 atom stereocenters. The summed E-state index contributed by atoms with van der Waals surface area (Å²) in [5, 5.41) is 7.69. The molecule has 13 nitrogen and oxygen atoms in total. The van der Waals surface area contributed by atoms with Gasteiger partial charge in [0.2, 0.25) is 11.8 Å². The smallest absolute Gasteiger partial charge is 0.264 e. The van der Waals surface area contributed by atoms with Crippen molar-refractivity contribution >= 4 is 59.7 Å². The average molecular weight is 1060 g/mol. The highest BCUT2D eigenvalue weighted by Crippen LogP contribution is 2.40. The first-order valence-corrected chi connectivity index (χ1v) is 29.1. The van der Waals surface area contributed by atoms with Gasteiger partial charge in [-0.25, -0.2) is 26.3 Å². The highest BCUT2D eigenvalue weighted by molar-refractivity contribution is 7.90. The van der Waals surface area contributed by atoms with Crippen LogP contribution in [0.3, 0.4) is 0 Å². The second-order valence-electron chi connectivity index (χ2n) is 21.8. The van der Waals surface area contributed by atoms with Crippen LogP contribution >= 0.6 is 0 Å². The number of amides is 2. The van der Waals surface area contributed by atoms with Crippen LogP contribution in [-0.2, 0) is 36.2 Å². The lowest BCUT2D eigenvalue weighted by Gasteiger charge is -2.37. The maximum absolute atomic E-state index is 12.2. The summed E-state index contributed by atoms with van der Waals surface area (Å²) in [6.07, 6.45) is 11.0. The Kier molecular flexibility index (Phi) is 20.6. The highest BCUT2D eigenvalue weighted by Gasteiger charge is 2.32. The predicted molar refractivity (Wildman–Crippen MR) is 298 cm³/mol. The third kappa shape index (κ3) is 18.0. The fourth-order valence-electron chi connectivity index (χ4n) is 9.61. The fourth-order valence-corrected chi connectivity index (χ4v) is 11.7. The van der Waals surface area contributed by atoms with Gasteiger partial charge in [0.25, 0.3) is 20.0 Å². The van der Waals surface area contributed by atoms with E-state index < -0.39 is 31.9 Å². The first-order chi connectivity index (χ1) is 35.6. The molecule has 0 saturated heterocycles. The molecule has 2 fully saturated rings. The van der Waals surface area contributed by atoms with Gasteiger partial charge in [-0.1, -0.05) is 114 Å². The largest absolute Gasteiger partial charge is 0.490 e. The maximum atomic E-state index is 12.2. The normalized spacial score (nSPS) is 18.1. The van der Waals surface area contributed by atoms with Gasteiger partial charge >= 0.3 is 0 Å². The number of carbonyl (C=O) groups excluding carboxylic acids is 3. The van der Waals surface area contributed by atoms with E-state index in [1.165, 1.54) is 49.9 Å². The van der Waals surface area contributed by atoms with Gasteiger partial charge in [0.1, 0.15) is 17.8 Å². The SMILES string of the molecule is CC(C)(C)C1CCC(Oc2ccc3cc(C=O)ccc3c2)CC1.CC(C)(C)C1CCC(Oc2ccc3cc(CNCCC(=O)NS(=O)(=O)c4ccccc4)ccc3c2)CC1.NCCC(=O)NS(=O)(=O)c1ccccc1. The van der Waals surface area contributed by atoms with Crippen molar-refractivity contribution in [2.45, 2.75) is 134 Å². The number of nitrogens with two attached hydrogens (primary N) is 1. The third-order valence-corrected chi connectivity index (χ3v) is 16.9. The van der Waals surface area contributed by atoms with Crippen LogP contribution in [0.1, 0.15) is 122 Å². The summed E-state index contributed by atoms with van der Waals surface area (Å²) in [6, 6.07) is 40.0. The van der Waals surface area contributed by atoms with Crippen molar-refractivity contribution < 1.29 is 40.7 Å². The summed E-state index contributed by atoms with van der Waals surface area (Å²) in [6.45, 7) is 15.1. The van der Waals surface area contributed by atoms with Gasteiger partial charge in [0, 0.05) is 38.0 Å². The first-order valence-electron chi connectivity index (χ1n) is 26.1. The van der Waals surface area contributed by atoms with E-state index in [4.69, 9.17) is 15.2 Å². The number of aldehydes is 1. The maximum Gasteiger partial charge on any atom is 0.264 e. The number of fused-ring (bicyclic) bond motifs is 2. The van der Waals surface area contributed by atoms with Gasteiger partial charge in [-0.2, -0.15) is 0 Å². The standard InChI is InChI=1S/C30H38N2O4S.C21H26O2.C9H12N2O3S/c1-30(2,3)25-12-15-26(16-13-25)36-27-14-11-23-19-22(9-10-24(23)20-27)21-31-18-17-29(33)32-37(34,35)28-7-5-4-6-8-28;1-21(2,3)18-7-10-19(11-8-18)23-20-9-6-16-12-15(14-22)4-5-17(16)13-20;10-7-6-9(12)11-15(13,14)8-4-2-1-3-5-8/h4-11,14,19-20,25-26,31H,12-13,15-18,21H2,1-3H3,(H,32,33);4-6,9,12-14,18-19H,7-8,10-11H2,1-3H3;1-5H,6-7,10H2,(H,11,12). The molecule has 2 saturated carbocycles. The zero-order chi connectivity index (χ0) is 54.2. The predicted octanol–water partition coefficient (Wildman–Crippen LogP) is 11.3. The Balaban J connectivity index is 0.000000204. The van der Waals surface area contributed by atoms with Crippen LogP contribution in [0.15, 0.2) is 143 Å². The van der Waals surface area contributed by atoms with Gasteiger partial charge in [-0.15, -0.1) is 0 Å². The molecule has 8 rings (SSSR count). The van der Waals surface area contributed by atoms with E-state index in [1.54, 1.807) is 36.4 Å². The second-order valence-corrected chi connectivity index (χ2v) is 25.2. The quantitative estimate of drug-likeness (QED) is 0.0531. The monoisotopic (exact) mass is 1060 g/mol. The van der Waals surface area contributed by atoms with Crippen molar-refractivity contribution in [1.29, 1.82) is 0 Å². The number of benzene rings is 6. The summed E-state index contributed by atoms with van der Waals surface area (Å²) < 4.78 is 64.2. The number of carbonyl (C=O) groups is 3. The summed E-state index contributed by atoms with van der Waals surface area (Å²) in [7, 11) is -7.57. The third-order valence-electron chi connectivity index (χ3n) is 14.1. The number of rotatable bonds is 16. The Bertz CT molecular complexity index is 3050. The van der Waals surface area contributed by atoms with Gasteiger partial charge in [-0.3, -0.25) is 14.4 Å². The van der Waals surface area contributed by atoms with Gasteiger partial charge in [0.15, 0.2) is 0 Å². The Morgan fingerprint density at radius 1 is 0.547 bits per heavy atom. The van der Waals surface area contributed by atoms with Crippen LogP contribution in [-0.4, -0.2) is 60.2 Å². The molecule has 15 heteroatoms. The summed E-state index contributed by atoms with van der Waals surface area (Å²) in [5.41, 5.74) is 7.72. The molecule has 2 aliphatic carbocycles. The summed E-state index contributed by atoms with van der Waals surface area (Å²) in [4.78, 5) is 34.2. The minimum absolute atomic E-state index is 0.00787. The van der Waals surface area contributed by atoms with E-state index in [-0.39, 0.29) is 29.2 Å². The van der Waals surface area contributed by atoms with E-state index in [1.807, 2.05) is 41.1 Å². The van der Waals surface area contributed by atoms with Crippen LogP contribution in [0, 0.1) is 22.7 Å². The zero-order valence-electron chi connectivity index (χ0n) is 44.3. The topological polar surface area (TPSA) is 200 Å². The van der Waals surface area contributed by atoms with Crippen LogP contribution in [0.2, 0.25) is 0 Å². The Morgan fingerprint density at radius 2 is 0.960 bits per heavy atom. The number of hydrogen-bond donors (Lipinski definition) is 4. The fraction of sp³-hybridized carbons (Fsp3) is 0.417. The average Bonchev–Trinajstić information content (AvgIpc) is 3.38. The van der Waals surface area contributed by atoms with E-state index in [9.17, 15) is 31.2 Å². The molecule has 402 valence electrons. The molecule has 5 N–H and O–H groups in total. The van der Waals surface area contributed by atoms with Crippen LogP contribution < -0.4 is 30.0 Å². The van der Waals surface area contributed by atoms with Crippen LogP contribution in [0.5, 0.6) is 11.5 Å². The van der Waals surface area contributed by atoms with Crippen molar-refractivity contribution in [3.8, 4) is 11.5 Å². The Morgan fingerprint density at radius 3 is 1.40 bits per heavy atom. The second kappa shape index (κ2) is 26.6. The van der Waals surface area contributed by atoms with Gasteiger partial charge < -0.3 is 20.5 Å². The van der Waals surface area contributed by atoms with E-state index in [0.717, 1.165) is 82.4 Å². The molecule has 0 spiro atoms. The minimum Gasteiger partial charge on any atom is -0.490 e. The lowest BCUT2D eigenvalue weighted by atomic mass is 9.72. The molecular formula is C60H76N4O9S2. The van der Waals surface area contributed by atoms with Crippen molar-refractivity contribution in [1.82, 2.24) is 14.8 Å². The molecule has 2 aliphatic rings. The number of sulfonamides is 2. The molecule has 2 amide bonds. The molecule has 0 bridgehead atoms. The number of ether oxygens (including phenoxy) is 2. The highest BCUT2D eigenvalue weighted by atomic mass is 32.2. The van der Waals surface area contributed by atoms with Gasteiger partial charge in [0.05, 0.1) is 22.0 Å². The molecular weight excluding hydrogens is 985 g/mol. The molecule has 0 aromatic heterocycles. The van der Waals surface area contributed by atoms with E-state index in [0.29, 0.717) is 41.7 Å². The Hall–Kier alpha value is -6.13. The first kappa shape index (κ1) is 58.1.